The summed E-state index contributed by atoms with van der Waals surface area (Å²) in [5, 5.41) is 2.80. The molecule has 1 aliphatic heterocycles. The molecule has 1 aromatic carbocycles. The summed E-state index contributed by atoms with van der Waals surface area (Å²) in [6.45, 7) is 1.13. The fourth-order valence-electron chi connectivity index (χ4n) is 1.75. The first kappa shape index (κ1) is 11.7. The number of ether oxygens (including phenoxy) is 2. The number of nitrogens with one attached hydrogen (secondary N) is 1. The number of rotatable bonds is 3. The van der Waals surface area contributed by atoms with Crippen LogP contribution in [0.25, 0.3) is 0 Å². The van der Waals surface area contributed by atoms with E-state index in [1.807, 2.05) is 0 Å². The van der Waals surface area contributed by atoms with Crippen molar-refractivity contribution in [3.05, 3.63) is 18.2 Å². The third-order valence-electron chi connectivity index (χ3n) is 2.82. The van der Waals surface area contributed by atoms with Gasteiger partial charge in [0.2, 0.25) is 5.91 Å². The van der Waals surface area contributed by atoms with E-state index in [1.165, 1.54) is 0 Å². The van der Waals surface area contributed by atoms with E-state index in [1.54, 1.807) is 25.3 Å². The summed E-state index contributed by atoms with van der Waals surface area (Å²) < 4.78 is 10.3. The fourth-order valence-corrected chi connectivity index (χ4v) is 1.75. The lowest BCUT2D eigenvalue weighted by Crippen LogP contribution is -2.23. The molecule has 1 fully saturated rings. The number of hydrogen-bond donors (Lipinski definition) is 2. The molecular formula is C12H16N2O3. The van der Waals surface area contributed by atoms with Gasteiger partial charge in [0.15, 0.2) is 0 Å². The zero-order valence-corrected chi connectivity index (χ0v) is 9.73. The molecule has 1 unspecified atom stereocenters. The molecule has 0 aliphatic carbocycles. The zero-order valence-electron chi connectivity index (χ0n) is 9.73. The minimum atomic E-state index is -0.0828. The van der Waals surface area contributed by atoms with Crippen molar-refractivity contribution in [2.45, 2.75) is 6.42 Å². The molecule has 5 heteroatoms. The second kappa shape index (κ2) is 5.05. The summed E-state index contributed by atoms with van der Waals surface area (Å²) in [4.78, 5) is 11.9. The van der Waals surface area contributed by atoms with E-state index < -0.39 is 0 Å². The largest absolute Gasteiger partial charge is 0.497 e. The van der Waals surface area contributed by atoms with Crippen molar-refractivity contribution < 1.29 is 14.3 Å². The Hall–Kier alpha value is -1.75. The van der Waals surface area contributed by atoms with Crippen LogP contribution in [0.4, 0.5) is 11.4 Å². The number of carbonyl (C=O) groups is 1. The van der Waals surface area contributed by atoms with Crippen LogP contribution in [-0.2, 0) is 9.53 Å². The van der Waals surface area contributed by atoms with Gasteiger partial charge < -0.3 is 20.5 Å². The summed E-state index contributed by atoms with van der Waals surface area (Å²) in [6.07, 6.45) is 0.760. The molecule has 2 rings (SSSR count). The van der Waals surface area contributed by atoms with Crippen LogP contribution in [0.2, 0.25) is 0 Å². The molecule has 0 saturated carbocycles. The molecule has 1 atom stereocenters. The molecule has 1 heterocycles. The third-order valence-corrected chi connectivity index (χ3v) is 2.82. The number of nitrogens with two attached hydrogens (primary N) is 1. The van der Waals surface area contributed by atoms with Crippen LogP contribution in [0.1, 0.15) is 6.42 Å². The number of anilines is 2. The van der Waals surface area contributed by atoms with Crippen LogP contribution in [0.3, 0.4) is 0 Å². The number of hydrogen-bond acceptors (Lipinski definition) is 4. The smallest absolute Gasteiger partial charge is 0.229 e. The van der Waals surface area contributed by atoms with E-state index in [2.05, 4.69) is 5.32 Å². The Kier molecular flexibility index (Phi) is 3.49. The van der Waals surface area contributed by atoms with Gasteiger partial charge in [-0.1, -0.05) is 0 Å². The normalized spacial score (nSPS) is 19.0. The minimum Gasteiger partial charge on any atom is -0.497 e. The molecule has 1 saturated heterocycles. The fraction of sp³-hybridized carbons (Fsp3) is 0.417. The van der Waals surface area contributed by atoms with E-state index in [0.717, 1.165) is 6.42 Å². The molecular weight excluding hydrogens is 220 g/mol. The summed E-state index contributed by atoms with van der Waals surface area (Å²) in [7, 11) is 1.57. The van der Waals surface area contributed by atoms with Crippen LogP contribution in [0.15, 0.2) is 18.2 Å². The first-order valence-electron chi connectivity index (χ1n) is 5.53. The van der Waals surface area contributed by atoms with Crippen LogP contribution >= 0.6 is 0 Å². The third kappa shape index (κ3) is 2.68. The Bertz CT molecular complexity index is 414. The van der Waals surface area contributed by atoms with E-state index in [9.17, 15) is 4.79 Å². The Labute approximate surface area is 99.9 Å². The lowest BCUT2D eigenvalue weighted by molar-refractivity contribution is -0.119. The molecule has 17 heavy (non-hydrogen) atoms. The van der Waals surface area contributed by atoms with Gasteiger partial charge in [-0.05, 0) is 18.6 Å². The van der Waals surface area contributed by atoms with E-state index >= 15 is 0 Å². The summed E-state index contributed by atoms with van der Waals surface area (Å²) in [5.74, 6) is 0.528. The Morgan fingerprint density at radius 2 is 2.41 bits per heavy atom. The summed E-state index contributed by atoms with van der Waals surface area (Å²) in [6, 6.07) is 5.17. The van der Waals surface area contributed by atoms with Gasteiger partial charge in [-0.3, -0.25) is 4.79 Å². The molecule has 0 spiro atoms. The molecule has 0 aromatic heterocycles. The molecule has 5 nitrogen and oxygen atoms in total. The van der Waals surface area contributed by atoms with E-state index in [4.69, 9.17) is 15.2 Å². The average Bonchev–Trinajstić information content (AvgIpc) is 2.85. The second-order valence-electron chi connectivity index (χ2n) is 4.00. The first-order valence-corrected chi connectivity index (χ1v) is 5.53. The van der Waals surface area contributed by atoms with Crippen LogP contribution in [0, 0.1) is 5.92 Å². The molecule has 92 valence electrons. The number of nitrogen functional groups attached to an aromatic ring is 1. The lowest BCUT2D eigenvalue weighted by Gasteiger charge is -2.12. The van der Waals surface area contributed by atoms with Crippen molar-refractivity contribution in [3.8, 4) is 5.75 Å². The molecule has 1 aliphatic rings. The van der Waals surface area contributed by atoms with Gasteiger partial charge in [0.25, 0.3) is 0 Å². The van der Waals surface area contributed by atoms with Gasteiger partial charge in [0, 0.05) is 12.7 Å². The van der Waals surface area contributed by atoms with Crippen molar-refractivity contribution in [2.24, 2.45) is 5.92 Å². The highest BCUT2D eigenvalue weighted by Gasteiger charge is 2.23. The zero-order chi connectivity index (χ0) is 12.3. The number of amides is 1. The lowest BCUT2D eigenvalue weighted by atomic mass is 10.1. The van der Waals surface area contributed by atoms with E-state index in [-0.39, 0.29) is 11.8 Å². The predicted octanol–water partition coefficient (Wildman–Crippen LogP) is 1.25. The highest BCUT2D eigenvalue weighted by atomic mass is 16.5. The molecule has 0 bridgehead atoms. The van der Waals surface area contributed by atoms with Gasteiger partial charge in [-0.2, -0.15) is 0 Å². The number of carbonyl (C=O) groups excluding carboxylic acids is 1. The summed E-state index contributed by atoms with van der Waals surface area (Å²) >= 11 is 0. The van der Waals surface area contributed by atoms with Crippen LogP contribution < -0.4 is 15.8 Å². The van der Waals surface area contributed by atoms with Crippen LogP contribution in [-0.4, -0.2) is 26.2 Å². The Balaban J connectivity index is 2.09. The summed E-state index contributed by atoms with van der Waals surface area (Å²) in [5.41, 5.74) is 6.90. The number of benzene rings is 1. The first-order chi connectivity index (χ1) is 8.20. The molecule has 1 aromatic rings. The van der Waals surface area contributed by atoms with Crippen molar-refractivity contribution >= 4 is 17.3 Å². The van der Waals surface area contributed by atoms with E-state index in [0.29, 0.717) is 30.3 Å². The highest BCUT2D eigenvalue weighted by Crippen LogP contribution is 2.25. The highest BCUT2D eigenvalue weighted by molar-refractivity contribution is 5.95. The monoisotopic (exact) mass is 236 g/mol. The number of methoxy groups -OCH3 is 1. The average molecular weight is 236 g/mol. The van der Waals surface area contributed by atoms with Gasteiger partial charge in [0.05, 0.1) is 31.0 Å². The van der Waals surface area contributed by atoms with Crippen molar-refractivity contribution in [3.63, 3.8) is 0 Å². The molecule has 3 N–H and O–H groups in total. The topological polar surface area (TPSA) is 73.6 Å². The second-order valence-corrected chi connectivity index (χ2v) is 4.00. The maximum absolute atomic E-state index is 11.9. The molecule has 1 amide bonds. The predicted molar refractivity (Wildman–Crippen MR) is 65.0 cm³/mol. The van der Waals surface area contributed by atoms with Gasteiger partial charge >= 0.3 is 0 Å². The Morgan fingerprint density at radius 3 is 3.06 bits per heavy atom. The quantitative estimate of drug-likeness (QED) is 0.775. The van der Waals surface area contributed by atoms with Gasteiger partial charge in [-0.25, -0.2) is 0 Å². The maximum Gasteiger partial charge on any atom is 0.229 e. The minimum absolute atomic E-state index is 0.0533. The standard InChI is InChI=1S/C12H16N2O3/c1-16-9-2-3-10(13)11(6-9)14-12(15)8-4-5-17-7-8/h2-3,6,8H,4-5,7,13H2,1H3,(H,14,15). The maximum atomic E-state index is 11.9. The Morgan fingerprint density at radius 1 is 1.59 bits per heavy atom. The van der Waals surface area contributed by atoms with Crippen molar-refractivity contribution in [1.29, 1.82) is 0 Å². The van der Waals surface area contributed by atoms with Crippen molar-refractivity contribution in [1.82, 2.24) is 0 Å². The van der Waals surface area contributed by atoms with Gasteiger partial charge in [0.1, 0.15) is 5.75 Å². The van der Waals surface area contributed by atoms with Gasteiger partial charge in [-0.15, -0.1) is 0 Å². The SMILES string of the molecule is COc1ccc(N)c(NC(=O)C2CCOC2)c1. The van der Waals surface area contributed by atoms with Crippen molar-refractivity contribution in [2.75, 3.05) is 31.4 Å². The van der Waals surface area contributed by atoms with Crippen LogP contribution in [0.5, 0.6) is 5.75 Å². The molecule has 0 radical (unpaired) electrons.